The molecular weight excluding hydrogens is 628 g/mol. The molecule has 0 spiro atoms. The Morgan fingerprint density at radius 3 is 2.61 bits per heavy atom. The van der Waals surface area contributed by atoms with Crippen LogP contribution >= 0.6 is 0 Å². The third kappa shape index (κ3) is 7.18. The van der Waals surface area contributed by atoms with E-state index in [0.717, 1.165) is 21.9 Å². The molecule has 0 atom stereocenters. The number of hydrogen-bond acceptors (Lipinski definition) is 9. The van der Waals surface area contributed by atoms with Crippen LogP contribution in [0.5, 0.6) is 11.5 Å². The predicted molar refractivity (Wildman–Crippen MR) is 185 cm³/mol. The van der Waals surface area contributed by atoms with E-state index in [1.165, 1.54) is 24.3 Å². The van der Waals surface area contributed by atoms with Crippen LogP contribution in [0.25, 0.3) is 16.4 Å². The van der Waals surface area contributed by atoms with E-state index in [0.29, 0.717) is 54.4 Å². The van der Waals surface area contributed by atoms with Gasteiger partial charge in [0.05, 0.1) is 31.2 Å². The number of aromatic hydroxyl groups is 1. The van der Waals surface area contributed by atoms with Crippen LogP contribution in [0.1, 0.15) is 32.0 Å². The molecule has 5 aromatic rings. The predicted octanol–water partition coefficient (Wildman–Crippen LogP) is 3.99. The minimum absolute atomic E-state index is 0.0679. The Labute approximate surface area is 282 Å². The number of likely N-dealkylation sites (N-methyl/N-ethyl adjacent to an activating group) is 1. The number of ether oxygens (including phenoxy) is 2. The van der Waals surface area contributed by atoms with Gasteiger partial charge in [0.15, 0.2) is 0 Å². The maximum absolute atomic E-state index is 14.0. The first-order valence-corrected chi connectivity index (χ1v) is 16.0. The van der Waals surface area contributed by atoms with Crippen LogP contribution in [0.2, 0.25) is 0 Å². The van der Waals surface area contributed by atoms with E-state index in [1.807, 2.05) is 25.1 Å². The maximum atomic E-state index is 14.0. The highest BCUT2D eigenvalue weighted by Gasteiger charge is 2.31. The number of nitrogens with one attached hydrogen (secondary N) is 2. The summed E-state index contributed by atoms with van der Waals surface area (Å²) in [4.78, 5) is 48.0. The van der Waals surface area contributed by atoms with E-state index >= 15 is 0 Å². The summed E-state index contributed by atoms with van der Waals surface area (Å²) < 4.78 is 13.1. The first-order chi connectivity index (χ1) is 23.8. The average molecular weight is 667 g/mol. The number of anilines is 2. The number of carbonyl (C=O) groups excluding carboxylic acids is 3. The number of phenolic OH excluding ortho intramolecular Hbond substituents is 1. The zero-order chi connectivity index (χ0) is 34.5. The molecule has 0 radical (unpaired) electrons. The number of benzene rings is 3. The molecule has 13 heteroatoms. The highest BCUT2D eigenvalue weighted by atomic mass is 16.6. The minimum Gasteiger partial charge on any atom is -0.508 e. The number of pyridine rings is 1. The molecule has 0 saturated heterocycles. The van der Waals surface area contributed by atoms with Crippen molar-refractivity contribution in [1.29, 1.82) is 0 Å². The summed E-state index contributed by atoms with van der Waals surface area (Å²) in [5, 5.41) is 26.1. The number of phenols is 1. The van der Waals surface area contributed by atoms with Crippen LogP contribution in [-0.2, 0) is 11.2 Å². The number of aryl methyl sites for hydroxylation is 1. The summed E-state index contributed by atoms with van der Waals surface area (Å²) in [5.41, 5.74) is 4.29. The fourth-order valence-corrected chi connectivity index (χ4v) is 5.99. The first-order valence-electron chi connectivity index (χ1n) is 16.0. The maximum Gasteiger partial charge on any atom is 0.415 e. The van der Waals surface area contributed by atoms with E-state index in [9.17, 15) is 19.5 Å². The van der Waals surface area contributed by atoms with Gasteiger partial charge in [-0.1, -0.05) is 18.2 Å². The second-order valence-corrected chi connectivity index (χ2v) is 11.7. The van der Waals surface area contributed by atoms with Crippen LogP contribution in [0, 0.1) is 6.92 Å². The van der Waals surface area contributed by atoms with Crippen molar-refractivity contribution in [3.05, 3.63) is 95.4 Å². The molecule has 0 bridgehead atoms. The lowest BCUT2D eigenvalue weighted by molar-refractivity contribution is 0.0731. The highest BCUT2D eigenvalue weighted by Crippen LogP contribution is 2.42. The zero-order valence-electron chi connectivity index (χ0n) is 27.3. The van der Waals surface area contributed by atoms with Crippen molar-refractivity contribution in [2.45, 2.75) is 13.3 Å². The normalized spacial score (nSPS) is 12.3. The van der Waals surface area contributed by atoms with Gasteiger partial charge in [0, 0.05) is 55.6 Å². The summed E-state index contributed by atoms with van der Waals surface area (Å²) in [5.74, 6) is -0.238. The van der Waals surface area contributed by atoms with Gasteiger partial charge in [0.1, 0.15) is 22.8 Å². The number of aromatic nitrogens is 2. The van der Waals surface area contributed by atoms with Gasteiger partial charge in [-0.3, -0.25) is 9.59 Å². The van der Waals surface area contributed by atoms with Gasteiger partial charge in [0.25, 0.3) is 11.8 Å². The topological polar surface area (TPSA) is 158 Å². The third-order valence-electron chi connectivity index (χ3n) is 8.42. The largest absolute Gasteiger partial charge is 0.508 e. The molecule has 0 aliphatic carbocycles. The molecule has 0 fully saturated rings. The van der Waals surface area contributed by atoms with Crippen molar-refractivity contribution in [1.82, 2.24) is 19.6 Å². The smallest absolute Gasteiger partial charge is 0.415 e. The molecule has 13 nitrogen and oxygen atoms in total. The lowest BCUT2D eigenvalue weighted by Gasteiger charge is -2.23. The Kier molecular flexibility index (Phi) is 10.0. The molecule has 2 aromatic heterocycles. The van der Waals surface area contributed by atoms with E-state index in [2.05, 4.69) is 15.6 Å². The molecule has 0 saturated carbocycles. The summed E-state index contributed by atoms with van der Waals surface area (Å²) in [6.07, 6.45) is 3.37. The summed E-state index contributed by atoms with van der Waals surface area (Å²) in [6, 6.07) is 16.9. The van der Waals surface area contributed by atoms with Crippen molar-refractivity contribution in [2.75, 3.05) is 63.3 Å². The molecule has 1 aliphatic heterocycles. The van der Waals surface area contributed by atoms with Crippen LogP contribution in [0.15, 0.2) is 73.1 Å². The van der Waals surface area contributed by atoms with E-state index in [1.54, 1.807) is 51.8 Å². The Hall–Kier alpha value is -5.50. The van der Waals surface area contributed by atoms with Gasteiger partial charge in [-0.15, -0.1) is 0 Å². The van der Waals surface area contributed by atoms with E-state index in [-0.39, 0.29) is 49.6 Å². The fraction of sp³-hybridized carbons (Fsp3) is 0.278. The molecule has 3 amide bonds. The number of rotatable bonds is 12. The van der Waals surface area contributed by atoms with Crippen molar-refractivity contribution >= 4 is 45.7 Å². The molecule has 4 N–H and O–H groups in total. The summed E-state index contributed by atoms with van der Waals surface area (Å²) in [6.45, 7) is 3.96. The Morgan fingerprint density at radius 1 is 1.02 bits per heavy atom. The number of aliphatic hydroxyl groups is 1. The van der Waals surface area contributed by atoms with Gasteiger partial charge < -0.3 is 44.5 Å². The number of aliphatic hydroxyl groups excluding tert-OH is 1. The van der Waals surface area contributed by atoms with Crippen molar-refractivity contribution in [2.24, 2.45) is 0 Å². The standard InChI is InChI=1S/C36H38N6O7/c1-23-4-3-5-28-31(49-36(47)40(15-13-37-2)16-18-48-19-17-43)20-30-27(33(23)28)12-14-42(30)35(46)29-22-41-21-25(8-11-32(41)39-29)38-34(45)24-6-9-26(44)10-7-24/h3-11,20-22,37,43-44H,12-19H2,1-2H3,(H,38,45). The van der Waals surface area contributed by atoms with Crippen LogP contribution < -0.4 is 20.3 Å². The number of imidazole rings is 1. The van der Waals surface area contributed by atoms with Crippen LogP contribution in [0.3, 0.4) is 0 Å². The number of fused-ring (bicyclic) bond motifs is 4. The van der Waals surface area contributed by atoms with Gasteiger partial charge >= 0.3 is 6.09 Å². The second-order valence-electron chi connectivity index (χ2n) is 11.7. The Morgan fingerprint density at radius 2 is 1.84 bits per heavy atom. The van der Waals surface area contributed by atoms with Crippen LogP contribution in [0.4, 0.5) is 16.2 Å². The number of nitrogens with zero attached hydrogens (tertiary/aromatic N) is 4. The van der Waals surface area contributed by atoms with Crippen molar-refractivity contribution in [3.63, 3.8) is 0 Å². The summed E-state index contributed by atoms with van der Waals surface area (Å²) >= 11 is 0. The molecule has 6 rings (SSSR count). The average Bonchev–Trinajstić information content (AvgIpc) is 3.72. The number of carbonyl (C=O) groups is 3. The van der Waals surface area contributed by atoms with Gasteiger partial charge in [-0.25, -0.2) is 9.78 Å². The fourth-order valence-electron chi connectivity index (χ4n) is 5.99. The van der Waals surface area contributed by atoms with Gasteiger partial charge in [0.2, 0.25) is 0 Å². The van der Waals surface area contributed by atoms with E-state index < -0.39 is 6.09 Å². The third-order valence-corrected chi connectivity index (χ3v) is 8.42. The molecule has 0 unspecified atom stereocenters. The van der Waals surface area contributed by atoms with E-state index in [4.69, 9.17) is 14.6 Å². The van der Waals surface area contributed by atoms with Gasteiger partial charge in [-0.05, 0) is 73.3 Å². The SMILES string of the molecule is CNCCN(CCOCCO)C(=O)Oc1cc2c(c3c(C)cccc13)CCN2C(=O)c1cn2cc(NC(=O)c3ccc(O)cc3)ccc2n1. The Balaban J connectivity index is 1.26. The quantitative estimate of drug-likeness (QED) is 0.145. The van der Waals surface area contributed by atoms with Crippen molar-refractivity contribution in [3.8, 4) is 11.5 Å². The summed E-state index contributed by atoms with van der Waals surface area (Å²) in [7, 11) is 1.80. The number of hydrogen-bond donors (Lipinski definition) is 4. The molecule has 49 heavy (non-hydrogen) atoms. The minimum atomic E-state index is -0.546. The zero-order valence-corrected chi connectivity index (χ0v) is 27.3. The van der Waals surface area contributed by atoms with Crippen LogP contribution in [-0.4, -0.2) is 95.5 Å². The van der Waals surface area contributed by atoms with Gasteiger partial charge in [-0.2, -0.15) is 0 Å². The molecule has 3 aromatic carbocycles. The molecule has 254 valence electrons. The molecule has 3 heterocycles. The molecule has 1 aliphatic rings. The Bertz CT molecular complexity index is 2010. The lowest BCUT2D eigenvalue weighted by atomic mass is 9.97. The van der Waals surface area contributed by atoms with Crippen molar-refractivity contribution < 1.29 is 34.1 Å². The molecular formula is C36H38N6O7. The first kappa shape index (κ1) is 33.4. The second kappa shape index (κ2) is 14.7. The lowest BCUT2D eigenvalue weighted by Crippen LogP contribution is -2.40. The number of amides is 3. The monoisotopic (exact) mass is 666 g/mol. The highest BCUT2D eigenvalue weighted by molar-refractivity contribution is 6.10.